The fraction of sp³-hybridized carbons (Fsp3) is 0.259. The van der Waals surface area contributed by atoms with Gasteiger partial charge in [-0.2, -0.15) is 0 Å². The summed E-state index contributed by atoms with van der Waals surface area (Å²) < 4.78 is 5.91. The molecule has 5 heteroatoms. The van der Waals surface area contributed by atoms with Crippen LogP contribution in [0.2, 0.25) is 0 Å². The van der Waals surface area contributed by atoms with Crippen molar-refractivity contribution in [3.63, 3.8) is 0 Å². The summed E-state index contributed by atoms with van der Waals surface area (Å²) in [5.41, 5.74) is 3.08. The Labute approximate surface area is 189 Å². The summed E-state index contributed by atoms with van der Waals surface area (Å²) in [6, 6.07) is 24.3. The van der Waals surface area contributed by atoms with Crippen LogP contribution < -0.4 is 15.4 Å². The van der Waals surface area contributed by atoms with Crippen LogP contribution in [0.3, 0.4) is 0 Å². The molecular formula is C27H30N2O3. The number of para-hydroxylation sites is 1. The largest absolute Gasteiger partial charge is 0.481 e. The first-order valence-corrected chi connectivity index (χ1v) is 11.0. The maximum absolute atomic E-state index is 12.9. The van der Waals surface area contributed by atoms with E-state index in [0.717, 1.165) is 12.0 Å². The van der Waals surface area contributed by atoms with Crippen molar-refractivity contribution in [2.45, 2.75) is 45.8 Å². The molecule has 0 fully saturated rings. The summed E-state index contributed by atoms with van der Waals surface area (Å²) in [5.74, 6) is 0.108. The quantitative estimate of drug-likeness (QED) is 0.469. The second kappa shape index (κ2) is 11.1. The molecule has 3 aromatic carbocycles. The molecule has 0 aromatic heterocycles. The Bertz CT molecular complexity index is 1030. The number of carbonyl (C=O) groups excluding carboxylic acids is 2. The number of aryl methyl sites for hydroxylation is 1. The molecule has 0 aliphatic heterocycles. The van der Waals surface area contributed by atoms with Crippen molar-refractivity contribution in [2.75, 3.05) is 5.32 Å². The van der Waals surface area contributed by atoms with Crippen LogP contribution in [0.4, 0.5) is 5.69 Å². The van der Waals surface area contributed by atoms with E-state index in [0.29, 0.717) is 23.4 Å². The number of nitrogens with one attached hydrogen (secondary N) is 2. The Kier molecular flexibility index (Phi) is 8.03. The molecule has 0 aliphatic carbocycles. The van der Waals surface area contributed by atoms with Gasteiger partial charge in [-0.05, 0) is 55.2 Å². The normalized spacial score (nSPS) is 12.5. The fourth-order valence-corrected chi connectivity index (χ4v) is 3.39. The first-order valence-electron chi connectivity index (χ1n) is 11.0. The number of amides is 2. The standard InChI is InChI=1S/C27H30N2O3/c1-4-20-15-17-22(18-16-20)32-25(5-2)27(31)29-24-14-10-9-13-23(24)26(30)28-19(3)21-11-7-6-8-12-21/h6-19,25H,4-5H2,1-3H3,(H,28,30)(H,29,31)/t19-,25+/m1/s1. The van der Waals surface area contributed by atoms with E-state index in [1.807, 2.05) is 68.4 Å². The molecule has 0 aliphatic rings. The number of rotatable bonds is 9. The molecule has 2 amide bonds. The van der Waals surface area contributed by atoms with Crippen LogP contribution in [0.1, 0.15) is 54.7 Å². The monoisotopic (exact) mass is 430 g/mol. The second-order valence-corrected chi connectivity index (χ2v) is 7.65. The molecule has 0 saturated heterocycles. The Morgan fingerprint density at radius 1 is 0.875 bits per heavy atom. The van der Waals surface area contributed by atoms with Gasteiger partial charge in [0.2, 0.25) is 0 Å². The average molecular weight is 431 g/mol. The van der Waals surface area contributed by atoms with Gasteiger partial charge >= 0.3 is 0 Å². The van der Waals surface area contributed by atoms with Gasteiger partial charge in [0, 0.05) is 0 Å². The van der Waals surface area contributed by atoms with Crippen molar-refractivity contribution in [1.29, 1.82) is 0 Å². The minimum atomic E-state index is -0.665. The zero-order valence-electron chi connectivity index (χ0n) is 18.8. The molecule has 3 aromatic rings. The van der Waals surface area contributed by atoms with Crippen molar-refractivity contribution < 1.29 is 14.3 Å². The number of carbonyl (C=O) groups is 2. The molecule has 166 valence electrons. The Hall–Kier alpha value is -3.60. The highest BCUT2D eigenvalue weighted by molar-refractivity contribution is 6.04. The molecule has 3 rings (SSSR count). The molecule has 0 radical (unpaired) electrons. The van der Waals surface area contributed by atoms with Crippen molar-refractivity contribution in [1.82, 2.24) is 5.32 Å². The molecule has 0 saturated carbocycles. The lowest BCUT2D eigenvalue weighted by Crippen LogP contribution is -2.34. The molecule has 0 heterocycles. The number of benzene rings is 3. The molecule has 0 bridgehead atoms. The molecule has 2 N–H and O–H groups in total. The van der Waals surface area contributed by atoms with E-state index in [9.17, 15) is 9.59 Å². The predicted octanol–water partition coefficient (Wildman–Crippen LogP) is 5.54. The lowest BCUT2D eigenvalue weighted by atomic mass is 10.1. The Morgan fingerprint density at radius 2 is 1.53 bits per heavy atom. The lowest BCUT2D eigenvalue weighted by molar-refractivity contribution is -0.122. The molecular weight excluding hydrogens is 400 g/mol. The molecule has 5 nitrogen and oxygen atoms in total. The van der Waals surface area contributed by atoms with Crippen LogP contribution in [0.25, 0.3) is 0 Å². The first kappa shape index (κ1) is 23.1. The van der Waals surface area contributed by atoms with E-state index in [2.05, 4.69) is 17.6 Å². The lowest BCUT2D eigenvalue weighted by Gasteiger charge is -2.19. The van der Waals surface area contributed by atoms with Crippen LogP contribution in [0.15, 0.2) is 78.9 Å². The number of hydrogen-bond donors (Lipinski definition) is 2. The predicted molar refractivity (Wildman–Crippen MR) is 128 cm³/mol. The van der Waals surface area contributed by atoms with Gasteiger partial charge in [-0.25, -0.2) is 0 Å². The van der Waals surface area contributed by atoms with Crippen molar-refractivity contribution in [3.8, 4) is 5.75 Å². The molecule has 0 unspecified atom stereocenters. The van der Waals surface area contributed by atoms with Gasteiger partial charge < -0.3 is 15.4 Å². The highest BCUT2D eigenvalue weighted by atomic mass is 16.5. The van der Waals surface area contributed by atoms with Gasteiger partial charge in [0.1, 0.15) is 5.75 Å². The zero-order chi connectivity index (χ0) is 22.9. The van der Waals surface area contributed by atoms with Crippen molar-refractivity contribution in [2.24, 2.45) is 0 Å². The SMILES string of the molecule is CCc1ccc(O[C@@H](CC)C(=O)Nc2ccccc2C(=O)N[C@H](C)c2ccccc2)cc1. The summed E-state index contributed by atoms with van der Waals surface area (Å²) in [6.45, 7) is 5.91. The topological polar surface area (TPSA) is 67.4 Å². The number of ether oxygens (including phenoxy) is 1. The third kappa shape index (κ3) is 5.97. The van der Waals surface area contributed by atoms with E-state index in [4.69, 9.17) is 4.74 Å². The minimum absolute atomic E-state index is 0.162. The van der Waals surface area contributed by atoms with E-state index in [-0.39, 0.29) is 17.9 Å². The molecule has 2 atom stereocenters. The van der Waals surface area contributed by atoms with Crippen LogP contribution in [0.5, 0.6) is 5.75 Å². The number of anilines is 1. The summed E-state index contributed by atoms with van der Waals surface area (Å²) in [6.07, 6.45) is 0.780. The Balaban J connectivity index is 1.69. The van der Waals surface area contributed by atoms with Crippen LogP contribution in [0, 0.1) is 0 Å². The average Bonchev–Trinajstić information content (AvgIpc) is 2.83. The van der Waals surface area contributed by atoms with Gasteiger partial charge in [-0.15, -0.1) is 0 Å². The van der Waals surface area contributed by atoms with Gasteiger partial charge in [0.15, 0.2) is 6.10 Å². The third-order valence-corrected chi connectivity index (χ3v) is 5.35. The van der Waals surface area contributed by atoms with E-state index in [1.165, 1.54) is 5.56 Å². The summed E-state index contributed by atoms with van der Waals surface area (Å²) in [7, 11) is 0. The van der Waals surface area contributed by atoms with Gasteiger partial charge in [0.05, 0.1) is 17.3 Å². The van der Waals surface area contributed by atoms with Crippen molar-refractivity contribution >= 4 is 17.5 Å². The van der Waals surface area contributed by atoms with Gasteiger partial charge in [0.25, 0.3) is 11.8 Å². The molecule has 32 heavy (non-hydrogen) atoms. The van der Waals surface area contributed by atoms with E-state index in [1.54, 1.807) is 24.3 Å². The highest BCUT2D eigenvalue weighted by Crippen LogP contribution is 2.20. The maximum atomic E-state index is 12.9. The maximum Gasteiger partial charge on any atom is 0.265 e. The highest BCUT2D eigenvalue weighted by Gasteiger charge is 2.21. The van der Waals surface area contributed by atoms with Crippen LogP contribution in [-0.2, 0) is 11.2 Å². The number of hydrogen-bond acceptors (Lipinski definition) is 3. The Morgan fingerprint density at radius 3 is 2.19 bits per heavy atom. The van der Waals surface area contributed by atoms with E-state index >= 15 is 0 Å². The molecule has 0 spiro atoms. The van der Waals surface area contributed by atoms with Crippen LogP contribution in [-0.4, -0.2) is 17.9 Å². The smallest absolute Gasteiger partial charge is 0.265 e. The second-order valence-electron chi connectivity index (χ2n) is 7.65. The fourth-order valence-electron chi connectivity index (χ4n) is 3.39. The van der Waals surface area contributed by atoms with Gasteiger partial charge in [-0.1, -0.05) is 68.4 Å². The van der Waals surface area contributed by atoms with E-state index < -0.39 is 6.10 Å². The first-order chi connectivity index (χ1) is 15.5. The third-order valence-electron chi connectivity index (χ3n) is 5.35. The summed E-state index contributed by atoms with van der Waals surface area (Å²) in [5, 5.41) is 5.87. The van der Waals surface area contributed by atoms with Crippen LogP contribution >= 0.6 is 0 Å². The van der Waals surface area contributed by atoms with Gasteiger partial charge in [-0.3, -0.25) is 9.59 Å². The minimum Gasteiger partial charge on any atom is -0.481 e. The summed E-state index contributed by atoms with van der Waals surface area (Å²) in [4.78, 5) is 25.8. The summed E-state index contributed by atoms with van der Waals surface area (Å²) >= 11 is 0. The van der Waals surface area contributed by atoms with Crippen molar-refractivity contribution in [3.05, 3.63) is 95.6 Å². The zero-order valence-corrected chi connectivity index (χ0v) is 18.8.